The second-order valence-electron chi connectivity index (χ2n) is 5.02. The van der Waals surface area contributed by atoms with Gasteiger partial charge in [0.25, 0.3) is 11.8 Å². The molecule has 2 saturated heterocycles. The van der Waals surface area contributed by atoms with Gasteiger partial charge in [-0.1, -0.05) is 17.7 Å². The summed E-state index contributed by atoms with van der Waals surface area (Å²) in [6.07, 6.45) is -0.0605. The molecule has 3 amide bonds. The molecule has 110 valence electrons. The summed E-state index contributed by atoms with van der Waals surface area (Å²) >= 11 is 5.88. The molecule has 2 heterocycles. The van der Waals surface area contributed by atoms with Crippen molar-refractivity contribution in [3.05, 3.63) is 34.9 Å². The molecule has 0 spiro atoms. The number of carbonyl (C=O) groups is 3. The van der Waals surface area contributed by atoms with Gasteiger partial charge in [-0.2, -0.15) is 0 Å². The first-order valence-corrected chi connectivity index (χ1v) is 6.98. The maximum Gasteiger partial charge on any atom is 0.417 e. The Morgan fingerprint density at radius 3 is 2.81 bits per heavy atom. The van der Waals surface area contributed by atoms with Crippen LogP contribution in [0.4, 0.5) is 4.79 Å². The molecule has 0 N–H and O–H groups in total. The second-order valence-corrected chi connectivity index (χ2v) is 5.46. The highest BCUT2D eigenvalue weighted by Crippen LogP contribution is 2.22. The fraction of sp³-hybridized carbons (Fsp3) is 0.357. The molecule has 7 heteroatoms. The number of ether oxygens (including phenoxy) is 1. The molecule has 0 bridgehead atoms. The van der Waals surface area contributed by atoms with Crippen molar-refractivity contribution in [3.63, 3.8) is 0 Å². The van der Waals surface area contributed by atoms with Crippen molar-refractivity contribution in [3.8, 4) is 0 Å². The normalized spacial score (nSPS) is 21.9. The van der Waals surface area contributed by atoms with Gasteiger partial charge in [-0.3, -0.25) is 9.59 Å². The summed E-state index contributed by atoms with van der Waals surface area (Å²) in [5.41, 5.74) is 0.499. The first-order chi connectivity index (χ1) is 10.1. The number of halogens is 1. The van der Waals surface area contributed by atoms with Crippen molar-refractivity contribution in [2.75, 3.05) is 19.7 Å². The van der Waals surface area contributed by atoms with E-state index in [0.717, 1.165) is 4.90 Å². The quantitative estimate of drug-likeness (QED) is 0.831. The van der Waals surface area contributed by atoms with Crippen molar-refractivity contribution < 1.29 is 19.1 Å². The van der Waals surface area contributed by atoms with Crippen LogP contribution in [-0.4, -0.2) is 53.4 Å². The number of amides is 3. The van der Waals surface area contributed by atoms with Crippen molar-refractivity contribution >= 4 is 29.5 Å². The van der Waals surface area contributed by atoms with Crippen molar-refractivity contribution in [2.24, 2.45) is 0 Å². The van der Waals surface area contributed by atoms with Crippen LogP contribution >= 0.6 is 11.6 Å². The van der Waals surface area contributed by atoms with Crippen LogP contribution in [0.1, 0.15) is 16.8 Å². The van der Waals surface area contributed by atoms with Crippen LogP contribution in [0.15, 0.2) is 24.3 Å². The van der Waals surface area contributed by atoms with Crippen LogP contribution < -0.4 is 0 Å². The number of cyclic esters (lactones) is 1. The Hall–Kier alpha value is -2.08. The van der Waals surface area contributed by atoms with Gasteiger partial charge in [0.05, 0.1) is 6.04 Å². The predicted molar refractivity (Wildman–Crippen MR) is 74.0 cm³/mol. The van der Waals surface area contributed by atoms with Crippen LogP contribution in [0.5, 0.6) is 0 Å². The number of likely N-dealkylation sites (tertiary alicyclic amines) is 1. The third kappa shape index (κ3) is 2.58. The van der Waals surface area contributed by atoms with Crippen molar-refractivity contribution in [1.82, 2.24) is 9.80 Å². The molecule has 21 heavy (non-hydrogen) atoms. The van der Waals surface area contributed by atoms with Gasteiger partial charge in [0.2, 0.25) is 0 Å². The van der Waals surface area contributed by atoms with Gasteiger partial charge < -0.3 is 9.64 Å². The van der Waals surface area contributed by atoms with E-state index in [0.29, 0.717) is 30.1 Å². The minimum atomic E-state index is -0.623. The zero-order chi connectivity index (χ0) is 15.0. The standard InChI is InChI=1S/C14H13ClN2O4/c15-10-3-1-2-9(6-10)13(19)16-5-4-11(7-16)17-12(18)8-21-14(17)20/h1-3,6,11H,4-5,7-8H2. The van der Waals surface area contributed by atoms with Crippen LogP contribution in [0.3, 0.4) is 0 Å². The van der Waals surface area contributed by atoms with E-state index in [9.17, 15) is 14.4 Å². The molecular formula is C14H13ClN2O4. The van der Waals surface area contributed by atoms with E-state index in [-0.39, 0.29) is 24.5 Å². The third-order valence-corrected chi connectivity index (χ3v) is 3.91. The first kappa shape index (κ1) is 13.9. The number of imide groups is 1. The topological polar surface area (TPSA) is 66.9 Å². The molecule has 1 aromatic carbocycles. The summed E-state index contributed by atoms with van der Waals surface area (Å²) in [7, 11) is 0. The van der Waals surface area contributed by atoms with E-state index in [4.69, 9.17) is 16.3 Å². The molecule has 1 aromatic rings. The number of benzene rings is 1. The molecule has 2 aliphatic rings. The largest absolute Gasteiger partial charge is 0.439 e. The molecule has 2 aliphatic heterocycles. The Bertz CT molecular complexity index is 603. The smallest absolute Gasteiger partial charge is 0.417 e. The van der Waals surface area contributed by atoms with Crippen LogP contribution in [0.2, 0.25) is 5.02 Å². The van der Waals surface area contributed by atoms with Gasteiger partial charge in [-0.05, 0) is 24.6 Å². The van der Waals surface area contributed by atoms with E-state index in [1.807, 2.05) is 0 Å². The summed E-state index contributed by atoms with van der Waals surface area (Å²) < 4.78 is 4.70. The van der Waals surface area contributed by atoms with E-state index < -0.39 is 6.09 Å². The molecule has 0 aromatic heterocycles. The summed E-state index contributed by atoms with van der Waals surface area (Å²) in [4.78, 5) is 38.3. The zero-order valence-corrected chi connectivity index (χ0v) is 11.9. The molecule has 2 fully saturated rings. The summed E-state index contributed by atoms with van der Waals surface area (Å²) in [6.45, 7) is 0.608. The molecule has 3 rings (SSSR count). The monoisotopic (exact) mass is 308 g/mol. The molecule has 0 aliphatic carbocycles. The van der Waals surface area contributed by atoms with Gasteiger partial charge in [0.1, 0.15) is 0 Å². The molecule has 0 saturated carbocycles. The minimum absolute atomic E-state index is 0.153. The maximum atomic E-state index is 12.4. The Kier molecular flexibility index (Phi) is 3.55. The Labute approximate surface area is 126 Å². The fourth-order valence-corrected chi connectivity index (χ4v) is 2.85. The van der Waals surface area contributed by atoms with Crippen LogP contribution in [-0.2, 0) is 9.53 Å². The lowest BCUT2D eigenvalue weighted by Gasteiger charge is -2.20. The molecule has 1 unspecified atom stereocenters. The molecule has 0 radical (unpaired) electrons. The van der Waals surface area contributed by atoms with Gasteiger partial charge >= 0.3 is 6.09 Å². The predicted octanol–water partition coefficient (Wildman–Crippen LogP) is 1.53. The Morgan fingerprint density at radius 1 is 1.33 bits per heavy atom. The summed E-state index contributed by atoms with van der Waals surface area (Å²) in [5, 5.41) is 0.495. The van der Waals surface area contributed by atoms with E-state index >= 15 is 0 Å². The lowest BCUT2D eigenvalue weighted by atomic mass is 10.2. The van der Waals surface area contributed by atoms with Gasteiger partial charge in [0.15, 0.2) is 6.61 Å². The highest BCUT2D eigenvalue weighted by atomic mass is 35.5. The first-order valence-electron chi connectivity index (χ1n) is 6.60. The highest BCUT2D eigenvalue weighted by molar-refractivity contribution is 6.30. The maximum absolute atomic E-state index is 12.4. The van der Waals surface area contributed by atoms with Crippen LogP contribution in [0, 0.1) is 0 Å². The number of carbonyl (C=O) groups excluding carboxylic acids is 3. The second kappa shape index (κ2) is 5.37. The highest BCUT2D eigenvalue weighted by Gasteiger charge is 2.41. The Balaban J connectivity index is 1.71. The lowest BCUT2D eigenvalue weighted by Crippen LogP contribution is -2.42. The van der Waals surface area contributed by atoms with Crippen LogP contribution in [0.25, 0.3) is 0 Å². The Morgan fingerprint density at radius 2 is 2.14 bits per heavy atom. The number of hydrogen-bond donors (Lipinski definition) is 0. The summed E-state index contributed by atoms with van der Waals surface area (Å²) in [5.74, 6) is -0.498. The van der Waals surface area contributed by atoms with Gasteiger partial charge in [-0.25, -0.2) is 9.69 Å². The van der Waals surface area contributed by atoms with Gasteiger partial charge in [-0.15, -0.1) is 0 Å². The lowest BCUT2D eigenvalue weighted by molar-refractivity contribution is -0.127. The number of rotatable bonds is 2. The average Bonchev–Trinajstić information content (AvgIpc) is 3.05. The van der Waals surface area contributed by atoms with Crippen molar-refractivity contribution in [2.45, 2.75) is 12.5 Å². The minimum Gasteiger partial charge on any atom is -0.439 e. The van der Waals surface area contributed by atoms with E-state index in [1.54, 1.807) is 29.2 Å². The van der Waals surface area contributed by atoms with Gasteiger partial charge in [0, 0.05) is 23.7 Å². The fourth-order valence-electron chi connectivity index (χ4n) is 2.66. The average molecular weight is 309 g/mol. The zero-order valence-electron chi connectivity index (χ0n) is 11.1. The van der Waals surface area contributed by atoms with E-state index in [1.165, 1.54) is 0 Å². The molecular weight excluding hydrogens is 296 g/mol. The third-order valence-electron chi connectivity index (χ3n) is 3.67. The number of nitrogens with zero attached hydrogens (tertiary/aromatic N) is 2. The SMILES string of the molecule is O=C(c1cccc(Cl)c1)N1CCC(N2C(=O)COC2=O)C1. The number of hydrogen-bond acceptors (Lipinski definition) is 4. The molecule has 1 atom stereocenters. The van der Waals surface area contributed by atoms with Crippen molar-refractivity contribution in [1.29, 1.82) is 0 Å². The molecule has 6 nitrogen and oxygen atoms in total. The van der Waals surface area contributed by atoms with E-state index in [2.05, 4.69) is 0 Å². The summed E-state index contributed by atoms with van der Waals surface area (Å²) in [6, 6.07) is 6.40.